The van der Waals surface area contributed by atoms with Crippen LogP contribution in [0.4, 0.5) is 5.69 Å². The Morgan fingerprint density at radius 2 is 1.77 bits per heavy atom. The van der Waals surface area contributed by atoms with Crippen molar-refractivity contribution in [3.05, 3.63) is 88.0 Å². The predicted octanol–water partition coefficient (Wildman–Crippen LogP) is 3.41. The van der Waals surface area contributed by atoms with Crippen LogP contribution in [0.2, 0.25) is 0 Å². The Kier molecular flexibility index (Phi) is 5.10. The zero-order valence-corrected chi connectivity index (χ0v) is 17.0. The van der Waals surface area contributed by atoms with Gasteiger partial charge in [0.25, 0.3) is 11.5 Å². The number of nitrogens with zero attached hydrogens (tertiary/aromatic N) is 3. The number of rotatable bonds is 5. The van der Waals surface area contributed by atoms with E-state index in [4.69, 9.17) is 4.74 Å². The van der Waals surface area contributed by atoms with E-state index >= 15 is 0 Å². The fourth-order valence-electron chi connectivity index (χ4n) is 3.46. The first-order valence-electron chi connectivity index (χ1n) is 9.55. The number of aromatic nitrogens is 3. The smallest absolute Gasteiger partial charge is 0.274 e. The maximum atomic E-state index is 13.1. The summed E-state index contributed by atoms with van der Waals surface area (Å²) in [7, 11) is 3.32. The third-order valence-electron chi connectivity index (χ3n) is 4.93. The van der Waals surface area contributed by atoms with Crippen molar-refractivity contribution in [2.45, 2.75) is 13.5 Å². The first-order valence-corrected chi connectivity index (χ1v) is 9.55. The molecule has 0 bridgehead atoms. The molecule has 4 aromatic rings. The van der Waals surface area contributed by atoms with Crippen LogP contribution in [-0.4, -0.2) is 20.3 Å². The van der Waals surface area contributed by atoms with Crippen LogP contribution in [0, 0.1) is 6.92 Å². The lowest BCUT2D eigenvalue weighted by Gasteiger charge is -2.13. The van der Waals surface area contributed by atoms with E-state index in [2.05, 4.69) is 10.4 Å². The number of hydrogen-bond donors (Lipinski definition) is 1. The number of fused-ring (bicyclic) bond motifs is 1. The van der Waals surface area contributed by atoms with Gasteiger partial charge in [0.05, 0.1) is 11.1 Å². The van der Waals surface area contributed by atoms with Gasteiger partial charge in [0.15, 0.2) is 0 Å². The minimum absolute atomic E-state index is 0.215. The SMILES string of the molecule is Cc1cn(C)c(=O)c2c(C(=O)Nc3ccccc3OCc3ccccc3)n(C)nc12. The van der Waals surface area contributed by atoms with Crippen LogP contribution in [-0.2, 0) is 20.7 Å². The minimum atomic E-state index is -0.418. The number of hydrogen-bond acceptors (Lipinski definition) is 4. The largest absolute Gasteiger partial charge is 0.487 e. The van der Waals surface area contributed by atoms with Gasteiger partial charge in [-0.05, 0) is 30.2 Å². The van der Waals surface area contributed by atoms with E-state index in [1.807, 2.05) is 49.4 Å². The lowest BCUT2D eigenvalue weighted by Crippen LogP contribution is -2.22. The van der Waals surface area contributed by atoms with Crippen LogP contribution in [0.3, 0.4) is 0 Å². The van der Waals surface area contributed by atoms with E-state index in [0.717, 1.165) is 11.1 Å². The summed E-state index contributed by atoms with van der Waals surface area (Å²) in [6.45, 7) is 2.24. The number of para-hydroxylation sites is 2. The zero-order chi connectivity index (χ0) is 21.3. The first kappa shape index (κ1) is 19.4. The summed E-state index contributed by atoms with van der Waals surface area (Å²) in [4.78, 5) is 25.8. The molecule has 4 rings (SSSR count). The topological polar surface area (TPSA) is 78.1 Å². The highest BCUT2D eigenvalue weighted by atomic mass is 16.5. The molecule has 0 aliphatic rings. The van der Waals surface area contributed by atoms with Gasteiger partial charge in [-0.3, -0.25) is 14.3 Å². The third-order valence-corrected chi connectivity index (χ3v) is 4.93. The Hall–Kier alpha value is -3.87. The molecule has 152 valence electrons. The first-order chi connectivity index (χ1) is 14.5. The molecule has 2 aromatic heterocycles. The van der Waals surface area contributed by atoms with Gasteiger partial charge < -0.3 is 14.6 Å². The molecular weight excluding hydrogens is 380 g/mol. The maximum Gasteiger partial charge on any atom is 0.274 e. The molecule has 2 heterocycles. The van der Waals surface area contributed by atoms with Crippen LogP contribution in [0.1, 0.15) is 21.6 Å². The van der Waals surface area contributed by atoms with Gasteiger partial charge in [-0.1, -0.05) is 42.5 Å². The van der Waals surface area contributed by atoms with Crippen molar-refractivity contribution < 1.29 is 9.53 Å². The summed E-state index contributed by atoms with van der Waals surface area (Å²) in [5, 5.41) is 7.57. The van der Waals surface area contributed by atoms with E-state index in [0.29, 0.717) is 28.9 Å². The summed E-state index contributed by atoms with van der Waals surface area (Å²) in [6.07, 6.45) is 1.71. The molecular formula is C23H22N4O3. The molecule has 0 unspecified atom stereocenters. The number of anilines is 1. The van der Waals surface area contributed by atoms with Gasteiger partial charge in [0.2, 0.25) is 0 Å². The number of carbonyl (C=O) groups is 1. The average molecular weight is 402 g/mol. The van der Waals surface area contributed by atoms with Crippen molar-refractivity contribution in [1.29, 1.82) is 0 Å². The predicted molar refractivity (Wildman–Crippen MR) is 116 cm³/mol. The second-order valence-electron chi connectivity index (χ2n) is 7.15. The Morgan fingerprint density at radius 3 is 2.53 bits per heavy atom. The highest BCUT2D eigenvalue weighted by Gasteiger charge is 2.22. The quantitative estimate of drug-likeness (QED) is 0.555. The number of pyridine rings is 1. The summed E-state index contributed by atoms with van der Waals surface area (Å²) in [6, 6.07) is 17.0. The monoisotopic (exact) mass is 402 g/mol. The van der Waals surface area contributed by atoms with Crippen LogP contribution in [0.15, 0.2) is 65.6 Å². The maximum absolute atomic E-state index is 13.1. The van der Waals surface area contributed by atoms with E-state index in [1.54, 1.807) is 32.4 Å². The molecule has 7 nitrogen and oxygen atoms in total. The molecule has 0 fully saturated rings. The van der Waals surface area contributed by atoms with Gasteiger partial charge in [0.1, 0.15) is 23.6 Å². The van der Waals surface area contributed by atoms with E-state index in [-0.39, 0.29) is 11.3 Å². The number of carbonyl (C=O) groups excluding carboxylic acids is 1. The van der Waals surface area contributed by atoms with E-state index < -0.39 is 5.91 Å². The molecule has 0 spiro atoms. The Labute approximate surface area is 173 Å². The van der Waals surface area contributed by atoms with Crippen molar-refractivity contribution in [1.82, 2.24) is 14.3 Å². The van der Waals surface area contributed by atoms with Crippen LogP contribution in [0.25, 0.3) is 10.9 Å². The Balaban J connectivity index is 1.66. The van der Waals surface area contributed by atoms with Crippen LogP contribution in [0.5, 0.6) is 5.75 Å². The molecule has 1 N–H and O–H groups in total. The average Bonchev–Trinajstić information content (AvgIpc) is 3.10. The van der Waals surface area contributed by atoms with E-state index in [9.17, 15) is 9.59 Å². The number of aryl methyl sites for hydroxylation is 3. The van der Waals surface area contributed by atoms with Gasteiger partial charge in [-0.2, -0.15) is 5.10 Å². The van der Waals surface area contributed by atoms with Crippen molar-refractivity contribution in [2.24, 2.45) is 14.1 Å². The van der Waals surface area contributed by atoms with Gasteiger partial charge in [-0.15, -0.1) is 0 Å². The Morgan fingerprint density at radius 1 is 1.07 bits per heavy atom. The number of amides is 1. The second kappa shape index (κ2) is 7.87. The van der Waals surface area contributed by atoms with Crippen LogP contribution >= 0.6 is 0 Å². The normalized spacial score (nSPS) is 10.9. The molecule has 0 radical (unpaired) electrons. The highest BCUT2D eigenvalue weighted by Crippen LogP contribution is 2.26. The molecule has 0 saturated carbocycles. The van der Waals surface area contributed by atoms with Gasteiger partial charge >= 0.3 is 0 Å². The summed E-state index contributed by atoms with van der Waals surface area (Å²) in [5.41, 5.74) is 2.86. The lowest BCUT2D eigenvalue weighted by atomic mass is 10.1. The molecule has 0 aliphatic heterocycles. The van der Waals surface area contributed by atoms with Crippen molar-refractivity contribution in [2.75, 3.05) is 5.32 Å². The standard InChI is InChI=1S/C23H22N4O3/c1-15-13-26(2)23(29)19-20(15)25-27(3)21(19)22(28)24-17-11-7-8-12-18(17)30-14-16-9-5-4-6-10-16/h4-13H,14H2,1-3H3,(H,24,28). The molecule has 2 aromatic carbocycles. The van der Waals surface area contributed by atoms with Gasteiger partial charge in [-0.25, -0.2) is 0 Å². The van der Waals surface area contributed by atoms with Crippen molar-refractivity contribution >= 4 is 22.5 Å². The molecule has 0 aliphatic carbocycles. The molecule has 1 amide bonds. The van der Waals surface area contributed by atoms with Crippen molar-refractivity contribution in [3.63, 3.8) is 0 Å². The van der Waals surface area contributed by atoms with E-state index in [1.165, 1.54) is 9.25 Å². The van der Waals surface area contributed by atoms with Crippen LogP contribution < -0.4 is 15.6 Å². The number of ether oxygens (including phenoxy) is 1. The molecule has 0 saturated heterocycles. The van der Waals surface area contributed by atoms with Crippen molar-refractivity contribution in [3.8, 4) is 5.75 Å². The fraction of sp³-hybridized carbons (Fsp3) is 0.174. The summed E-state index contributed by atoms with van der Waals surface area (Å²) < 4.78 is 8.83. The second-order valence-corrected chi connectivity index (χ2v) is 7.15. The number of benzene rings is 2. The minimum Gasteiger partial charge on any atom is -0.487 e. The molecule has 0 atom stereocenters. The number of nitrogens with one attached hydrogen (secondary N) is 1. The summed E-state index contributed by atoms with van der Waals surface area (Å²) in [5.74, 6) is 0.128. The fourth-order valence-corrected chi connectivity index (χ4v) is 3.46. The van der Waals surface area contributed by atoms with Gasteiger partial charge in [0, 0.05) is 20.3 Å². The lowest BCUT2D eigenvalue weighted by molar-refractivity contribution is 0.101. The molecule has 30 heavy (non-hydrogen) atoms. The Bertz CT molecular complexity index is 1290. The summed E-state index contributed by atoms with van der Waals surface area (Å²) >= 11 is 0. The zero-order valence-electron chi connectivity index (χ0n) is 17.0. The molecule has 7 heteroatoms. The third kappa shape index (κ3) is 3.57. The highest BCUT2D eigenvalue weighted by molar-refractivity contribution is 6.12.